The first-order valence-corrected chi connectivity index (χ1v) is 18.8. The molecule has 11 nitrogen and oxygen atoms in total. The SMILES string of the molecule is C=CCCC(=O)N[C@@H](COC)[C@@H](OC(=O)[C@@H]1[C@H]2C(=O)N(CCCCCO)[C@H](C(=O)N(CC=C)C(C)(C)CC(C)(C)C)[C@]23CC[C@H]1O3)c1ccccc1. The molecule has 3 amide bonds. The van der Waals surface area contributed by atoms with E-state index in [4.69, 9.17) is 14.2 Å². The molecule has 0 unspecified atom stereocenters. The van der Waals surface area contributed by atoms with Crippen molar-refractivity contribution >= 4 is 23.7 Å². The van der Waals surface area contributed by atoms with E-state index in [1.807, 2.05) is 49.1 Å². The number of nitrogens with zero attached hydrogens (tertiary/aromatic N) is 2. The number of aliphatic hydroxyl groups is 1. The van der Waals surface area contributed by atoms with Crippen LogP contribution in [0.25, 0.3) is 0 Å². The number of allylic oxidation sites excluding steroid dienone is 1. The van der Waals surface area contributed by atoms with Crippen LogP contribution in [0.15, 0.2) is 55.6 Å². The number of amides is 3. The monoisotopic (exact) mass is 723 g/mol. The Morgan fingerprint density at radius 1 is 1.12 bits per heavy atom. The first kappa shape index (κ1) is 41.2. The fraction of sp³-hybridized carbons (Fsp3) is 0.659. The fourth-order valence-corrected chi connectivity index (χ4v) is 8.94. The fourth-order valence-electron chi connectivity index (χ4n) is 8.94. The molecule has 0 aliphatic carbocycles. The van der Waals surface area contributed by atoms with E-state index in [9.17, 15) is 19.5 Å². The molecule has 3 fully saturated rings. The number of fused-ring (bicyclic) bond motifs is 1. The molecular formula is C41H61N3O8. The maximum Gasteiger partial charge on any atom is 0.313 e. The highest BCUT2D eigenvalue weighted by molar-refractivity contribution is 5.98. The van der Waals surface area contributed by atoms with Crippen LogP contribution in [0.4, 0.5) is 0 Å². The Morgan fingerprint density at radius 3 is 2.44 bits per heavy atom. The van der Waals surface area contributed by atoms with Crippen molar-refractivity contribution in [2.75, 3.05) is 33.4 Å². The Kier molecular flexibility index (Phi) is 13.9. The van der Waals surface area contributed by atoms with Crippen LogP contribution in [0.2, 0.25) is 0 Å². The summed E-state index contributed by atoms with van der Waals surface area (Å²) in [7, 11) is 1.52. The third-order valence-corrected chi connectivity index (χ3v) is 10.6. The molecule has 2 bridgehead atoms. The van der Waals surface area contributed by atoms with Crippen molar-refractivity contribution in [2.24, 2.45) is 17.3 Å². The Morgan fingerprint density at radius 2 is 1.83 bits per heavy atom. The number of esters is 1. The molecule has 3 aliphatic heterocycles. The number of carbonyl (C=O) groups is 4. The number of unbranched alkanes of at least 4 members (excludes halogenated alkanes) is 2. The number of hydrogen-bond acceptors (Lipinski definition) is 8. The number of methoxy groups -OCH3 is 1. The zero-order valence-electron chi connectivity index (χ0n) is 32.1. The average molecular weight is 724 g/mol. The lowest BCUT2D eigenvalue weighted by Crippen LogP contribution is -2.61. The first-order valence-electron chi connectivity index (χ1n) is 18.8. The van der Waals surface area contributed by atoms with Gasteiger partial charge in [0.25, 0.3) is 0 Å². The smallest absolute Gasteiger partial charge is 0.313 e. The van der Waals surface area contributed by atoms with Crippen LogP contribution in [0.5, 0.6) is 0 Å². The molecule has 7 atom stereocenters. The molecule has 2 N–H and O–H groups in total. The van der Waals surface area contributed by atoms with Gasteiger partial charge >= 0.3 is 5.97 Å². The molecular weight excluding hydrogens is 662 g/mol. The lowest BCUT2D eigenvalue weighted by atomic mass is 9.70. The van der Waals surface area contributed by atoms with Gasteiger partial charge in [0.1, 0.15) is 17.7 Å². The average Bonchev–Trinajstić information content (AvgIpc) is 3.73. The van der Waals surface area contributed by atoms with Crippen LogP contribution in [-0.2, 0) is 33.4 Å². The Bertz CT molecular complexity index is 1420. The summed E-state index contributed by atoms with van der Waals surface area (Å²) in [5.41, 5.74) is -1.20. The molecule has 3 aliphatic rings. The van der Waals surface area contributed by atoms with E-state index in [1.165, 1.54) is 7.11 Å². The van der Waals surface area contributed by atoms with Gasteiger partial charge in [-0.05, 0) is 69.8 Å². The molecule has 11 heteroatoms. The lowest BCUT2D eigenvalue weighted by molar-refractivity contribution is -0.163. The van der Waals surface area contributed by atoms with Crippen molar-refractivity contribution in [2.45, 2.75) is 121 Å². The number of nitrogens with one attached hydrogen (secondary N) is 1. The highest BCUT2D eigenvalue weighted by Gasteiger charge is 2.75. The number of hydrogen-bond donors (Lipinski definition) is 2. The molecule has 288 valence electrons. The van der Waals surface area contributed by atoms with Gasteiger partial charge in [0, 0.05) is 38.8 Å². The quantitative estimate of drug-likeness (QED) is 0.107. The van der Waals surface area contributed by atoms with Crippen molar-refractivity contribution in [3.8, 4) is 0 Å². The first-order chi connectivity index (χ1) is 24.7. The zero-order valence-corrected chi connectivity index (χ0v) is 32.1. The largest absolute Gasteiger partial charge is 0.455 e. The molecule has 3 heterocycles. The molecule has 3 saturated heterocycles. The molecule has 52 heavy (non-hydrogen) atoms. The van der Waals surface area contributed by atoms with E-state index >= 15 is 4.79 Å². The third kappa shape index (κ3) is 8.97. The van der Waals surface area contributed by atoms with Crippen LogP contribution in [-0.4, -0.2) is 101 Å². The van der Waals surface area contributed by atoms with Crippen molar-refractivity contribution in [1.29, 1.82) is 0 Å². The minimum absolute atomic E-state index is 0.0387. The van der Waals surface area contributed by atoms with Crippen molar-refractivity contribution in [3.05, 3.63) is 61.2 Å². The van der Waals surface area contributed by atoms with Crippen molar-refractivity contribution in [1.82, 2.24) is 15.1 Å². The van der Waals surface area contributed by atoms with Crippen LogP contribution in [0, 0.1) is 17.3 Å². The van der Waals surface area contributed by atoms with E-state index in [0.29, 0.717) is 63.6 Å². The minimum atomic E-state index is -1.20. The summed E-state index contributed by atoms with van der Waals surface area (Å²) in [6.07, 6.45) is 6.06. The van der Waals surface area contributed by atoms with Gasteiger partial charge in [-0.25, -0.2) is 0 Å². The summed E-state index contributed by atoms with van der Waals surface area (Å²) in [4.78, 5) is 60.6. The Balaban J connectivity index is 1.72. The van der Waals surface area contributed by atoms with E-state index in [2.05, 4.69) is 39.2 Å². The molecule has 0 aromatic heterocycles. The summed E-state index contributed by atoms with van der Waals surface area (Å²) in [6, 6.07) is 7.52. The number of likely N-dealkylation sites (tertiary alicyclic amines) is 1. The van der Waals surface area contributed by atoms with Gasteiger partial charge in [0.2, 0.25) is 17.7 Å². The molecule has 1 aromatic carbocycles. The third-order valence-electron chi connectivity index (χ3n) is 10.6. The summed E-state index contributed by atoms with van der Waals surface area (Å²) >= 11 is 0. The number of ether oxygens (including phenoxy) is 3. The summed E-state index contributed by atoms with van der Waals surface area (Å²) in [6.45, 7) is 18.8. The highest BCUT2D eigenvalue weighted by atomic mass is 16.6. The second kappa shape index (κ2) is 17.5. The number of rotatable bonds is 20. The second-order valence-corrected chi connectivity index (χ2v) is 16.4. The van der Waals surface area contributed by atoms with Crippen LogP contribution in [0.1, 0.15) is 97.7 Å². The van der Waals surface area contributed by atoms with E-state index in [0.717, 1.165) is 0 Å². The van der Waals surface area contributed by atoms with Gasteiger partial charge < -0.3 is 34.4 Å². The van der Waals surface area contributed by atoms with Crippen LogP contribution >= 0.6 is 0 Å². The maximum atomic E-state index is 15.0. The Hall–Kier alpha value is -3.54. The minimum Gasteiger partial charge on any atom is -0.455 e. The van der Waals surface area contributed by atoms with E-state index in [-0.39, 0.29) is 42.8 Å². The number of carbonyl (C=O) groups excluding carboxylic acids is 4. The normalized spacial score (nSPS) is 25.0. The number of benzene rings is 1. The van der Waals surface area contributed by atoms with Gasteiger partial charge in [0.05, 0.1) is 30.6 Å². The zero-order chi connectivity index (χ0) is 38.3. The van der Waals surface area contributed by atoms with Crippen molar-refractivity contribution < 1.29 is 38.5 Å². The molecule has 1 spiro atoms. The predicted octanol–water partition coefficient (Wildman–Crippen LogP) is 5.13. The molecule has 0 radical (unpaired) electrons. The molecule has 4 rings (SSSR count). The maximum absolute atomic E-state index is 15.0. The van der Waals surface area contributed by atoms with Gasteiger partial charge in [-0.3, -0.25) is 19.2 Å². The topological polar surface area (TPSA) is 135 Å². The highest BCUT2D eigenvalue weighted by Crippen LogP contribution is 2.59. The standard InChI is InChI=1S/C41H61N3O8/c1-9-11-20-31(46)42-29(26-50-8)34(28-18-14-12-15-19-28)51-38(49)32-30-21-22-41(52-30)33(32)36(47)43(24-16-13-17-25-45)35(41)37(48)44(23-10-2)40(6,7)27-39(3,4)5/h9-10,12,14-15,18-19,29-30,32-35,45H,1-2,11,13,16-17,20-27H2,3-8H3,(H,42,46)/t29-,30+,32-,33-,34-,35+,41-/m0/s1. The summed E-state index contributed by atoms with van der Waals surface area (Å²) < 4.78 is 18.6. The predicted molar refractivity (Wildman–Crippen MR) is 199 cm³/mol. The summed E-state index contributed by atoms with van der Waals surface area (Å²) in [5.74, 6) is -3.21. The van der Waals surface area contributed by atoms with E-state index < -0.39 is 53.2 Å². The van der Waals surface area contributed by atoms with Crippen molar-refractivity contribution in [3.63, 3.8) is 0 Å². The second-order valence-electron chi connectivity index (χ2n) is 16.4. The lowest BCUT2D eigenvalue weighted by Gasteiger charge is -2.45. The van der Waals surface area contributed by atoms with Gasteiger partial charge in [-0.15, -0.1) is 13.2 Å². The van der Waals surface area contributed by atoms with E-state index in [1.54, 1.807) is 17.1 Å². The van der Waals surface area contributed by atoms with Gasteiger partial charge in [-0.2, -0.15) is 0 Å². The number of aliphatic hydroxyl groups excluding tert-OH is 1. The van der Waals surface area contributed by atoms with Crippen LogP contribution < -0.4 is 5.32 Å². The molecule has 1 aromatic rings. The van der Waals surface area contributed by atoms with Gasteiger partial charge in [0.15, 0.2) is 0 Å². The van der Waals surface area contributed by atoms with Gasteiger partial charge in [-0.1, -0.05) is 63.3 Å². The molecule has 0 saturated carbocycles. The van der Waals surface area contributed by atoms with Crippen LogP contribution in [0.3, 0.4) is 0 Å². The Labute approximate surface area is 310 Å². The summed E-state index contributed by atoms with van der Waals surface area (Å²) in [5, 5.41) is 12.4.